The van der Waals surface area contributed by atoms with E-state index in [0.29, 0.717) is 30.7 Å². The van der Waals surface area contributed by atoms with Gasteiger partial charge in [-0.1, -0.05) is 43.7 Å². The lowest BCUT2D eigenvalue weighted by Crippen LogP contribution is -2.25. The highest BCUT2D eigenvalue weighted by Gasteiger charge is 2.10. The van der Waals surface area contributed by atoms with Crippen LogP contribution in [0, 0.1) is 12.7 Å². The summed E-state index contributed by atoms with van der Waals surface area (Å²) in [6.07, 6.45) is 3.85. The van der Waals surface area contributed by atoms with Crippen LogP contribution in [0.5, 0.6) is 11.6 Å². The third-order valence-electron chi connectivity index (χ3n) is 4.99. The van der Waals surface area contributed by atoms with Crippen LogP contribution in [-0.2, 0) is 0 Å². The molecule has 3 aromatic rings. The molecule has 1 N–H and O–H groups in total. The second-order valence-electron chi connectivity index (χ2n) is 7.97. The van der Waals surface area contributed by atoms with Gasteiger partial charge in [-0.2, -0.15) is 10.1 Å². The van der Waals surface area contributed by atoms with E-state index in [4.69, 9.17) is 9.47 Å². The fourth-order valence-electron chi connectivity index (χ4n) is 3.48. The number of nitrogens with zero attached hydrogens (tertiary/aromatic N) is 3. The lowest BCUT2D eigenvalue weighted by molar-refractivity contribution is 0.212. The predicted molar refractivity (Wildman–Crippen MR) is 137 cm³/mol. The topological polar surface area (TPSA) is 59.0 Å². The predicted octanol–water partition coefficient (Wildman–Crippen LogP) is 6.06. The first kappa shape index (κ1) is 25.0. The molecule has 1 aromatic heterocycles. The molecule has 0 aliphatic heterocycles. The Bertz CT molecular complexity index is 1050. The summed E-state index contributed by atoms with van der Waals surface area (Å²) in [4.78, 5) is 6.88. The Morgan fingerprint density at radius 1 is 0.971 bits per heavy atom. The molecule has 0 bridgehead atoms. The first-order valence-corrected chi connectivity index (χ1v) is 11.7. The fraction of sp³-hybridized carbons (Fsp3) is 0.333. The van der Waals surface area contributed by atoms with Gasteiger partial charge in [-0.3, -0.25) is 5.43 Å². The average Bonchev–Trinajstić information content (AvgIpc) is 2.83. The zero-order valence-electron chi connectivity index (χ0n) is 20.1. The highest BCUT2D eigenvalue weighted by atomic mass is 19.1. The van der Waals surface area contributed by atoms with Gasteiger partial charge in [0.1, 0.15) is 24.8 Å². The maximum absolute atomic E-state index is 13.0. The number of rotatable bonds is 13. The fourth-order valence-corrected chi connectivity index (χ4v) is 3.48. The van der Waals surface area contributed by atoms with Crippen LogP contribution >= 0.6 is 0 Å². The van der Waals surface area contributed by atoms with Gasteiger partial charge in [-0.05, 0) is 49.6 Å². The van der Waals surface area contributed by atoms with E-state index in [1.807, 2.05) is 24.3 Å². The van der Waals surface area contributed by atoms with Crippen LogP contribution in [-0.4, -0.2) is 37.5 Å². The molecule has 0 saturated carbocycles. The van der Waals surface area contributed by atoms with Gasteiger partial charge in [-0.25, -0.2) is 4.39 Å². The van der Waals surface area contributed by atoms with Crippen LogP contribution in [0.3, 0.4) is 0 Å². The normalized spacial score (nSPS) is 10.9. The molecule has 0 radical (unpaired) electrons. The largest absolute Gasteiger partial charge is 0.490 e. The number of halogens is 1. The number of anilines is 2. The van der Waals surface area contributed by atoms with Crippen molar-refractivity contribution < 1.29 is 13.9 Å². The van der Waals surface area contributed by atoms with Gasteiger partial charge < -0.3 is 14.4 Å². The summed E-state index contributed by atoms with van der Waals surface area (Å²) >= 11 is 0. The first-order chi connectivity index (χ1) is 16.6. The van der Waals surface area contributed by atoms with Crippen molar-refractivity contribution in [3.05, 3.63) is 77.6 Å². The molecule has 0 aliphatic rings. The molecule has 0 saturated heterocycles. The van der Waals surface area contributed by atoms with Gasteiger partial charge >= 0.3 is 0 Å². The van der Waals surface area contributed by atoms with E-state index in [0.717, 1.165) is 37.2 Å². The van der Waals surface area contributed by atoms with Crippen LogP contribution in [0.1, 0.15) is 37.8 Å². The number of pyridine rings is 1. The van der Waals surface area contributed by atoms with E-state index in [9.17, 15) is 4.39 Å². The molecule has 0 aliphatic carbocycles. The molecule has 2 aromatic carbocycles. The number of benzene rings is 2. The Labute approximate surface area is 201 Å². The molecule has 180 valence electrons. The lowest BCUT2D eigenvalue weighted by atomic mass is 10.2. The van der Waals surface area contributed by atoms with Crippen LogP contribution in [0.4, 0.5) is 15.9 Å². The van der Waals surface area contributed by atoms with Crippen molar-refractivity contribution in [1.82, 2.24) is 4.98 Å². The minimum Gasteiger partial charge on any atom is -0.490 e. The highest BCUT2D eigenvalue weighted by molar-refractivity contribution is 5.80. The summed E-state index contributed by atoms with van der Waals surface area (Å²) in [5.41, 5.74) is 6.26. The summed E-state index contributed by atoms with van der Waals surface area (Å²) in [6.45, 7) is 8.89. The van der Waals surface area contributed by atoms with E-state index in [-0.39, 0.29) is 5.82 Å². The zero-order valence-corrected chi connectivity index (χ0v) is 20.1. The number of hydrazone groups is 1. The van der Waals surface area contributed by atoms with Crippen molar-refractivity contribution in [2.45, 2.75) is 33.6 Å². The van der Waals surface area contributed by atoms with Crippen molar-refractivity contribution in [3.8, 4) is 11.6 Å². The third-order valence-corrected chi connectivity index (χ3v) is 4.99. The Kier molecular flexibility index (Phi) is 9.70. The molecular formula is C27H33FN4O2. The quantitative estimate of drug-likeness (QED) is 0.189. The minimum absolute atomic E-state index is 0.293. The monoisotopic (exact) mass is 464 g/mol. The van der Waals surface area contributed by atoms with Crippen molar-refractivity contribution in [1.29, 1.82) is 0 Å². The smallest absolute Gasteiger partial charge is 0.217 e. The molecule has 0 spiro atoms. The molecule has 3 rings (SSSR count). The second kappa shape index (κ2) is 13.2. The summed E-state index contributed by atoms with van der Waals surface area (Å²) in [5.74, 6) is 1.40. The van der Waals surface area contributed by atoms with Gasteiger partial charge in [0, 0.05) is 30.9 Å². The Balaban J connectivity index is 1.69. The van der Waals surface area contributed by atoms with E-state index in [2.05, 4.69) is 53.3 Å². The van der Waals surface area contributed by atoms with Crippen molar-refractivity contribution in [2.75, 3.05) is 36.6 Å². The van der Waals surface area contributed by atoms with E-state index >= 15 is 0 Å². The number of aromatic nitrogens is 1. The molecule has 6 nitrogen and oxygen atoms in total. The maximum atomic E-state index is 13.0. The molecule has 0 atom stereocenters. The van der Waals surface area contributed by atoms with Gasteiger partial charge in [0.25, 0.3) is 0 Å². The molecule has 34 heavy (non-hydrogen) atoms. The van der Waals surface area contributed by atoms with E-state index in [1.165, 1.54) is 17.7 Å². The van der Waals surface area contributed by atoms with Crippen molar-refractivity contribution in [3.63, 3.8) is 0 Å². The van der Waals surface area contributed by atoms with Gasteiger partial charge in [0.2, 0.25) is 5.88 Å². The summed E-state index contributed by atoms with van der Waals surface area (Å²) in [6, 6.07) is 18.0. The van der Waals surface area contributed by atoms with E-state index < -0.39 is 0 Å². The SMILES string of the molecule is CCCN(CCC)c1cc(N/N=C/c2cccc(C)c2)nc(OCCOc2ccc(F)cc2)c1. The van der Waals surface area contributed by atoms with E-state index in [1.54, 1.807) is 18.3 Å². The maximum Gasteiger partial charge on any atom is 0.217 e. The minimum atomic E-state index is -0.293. The number of hydrogen-bond acceptors (Lipinski definition) is 6. The third kappa shape index (κ3) is 8.06. The van der Waals surface area contributed by atoms with Crippen molar-refractivity contribution >= 4 is 17.7 Å². The Hall–Kier alpha value is -3.61. The molecule has 0 amide bonds. The van der Waals surface area contributed by atoms with Gasteiger partial charge in [-0.15, -0.1) is 0 Å². The number of ether oxygens (including phenoxy) is 2. The zero-order chi connectivity index (χ0) is 24.2. The standard InChI is InChI=1S/C27H33FN4O2/c1-4-13-32(14-5-2)24-18-26(31-29-20-22-8-6-7-21(3)17-22)30-27(19-24)34-16-15-33-25-11-9-23(28)10-12-25/h6-12,17-20H,4-5,13-16H2,1-3H3,(H,30,31)/b29-20+. The molecule has 0 fully saturated rings. The van der Waals surface area contributed by atoms with Crippen LogP contribution in [0.25, 0.3) is 0 Å². The van der Waals surface area contributed by atoms with Gasteiger partial charge in [0.15, 0.2) is 5.82 Å². The summed E-state index contributed by atoms with van der Waals surface area (Å²) in [5, 5.41) is 4.36. The molecule has 1 heterocycles. The highest BCUT2D eigenvalue weighted by Crippen LogP contribution is 2.25. The molecule has 7 heteroatoms. The number of aryl methyl sites for hydroxylation is 1. The lowest BCUT2D eigenvalue weighted by Gasteiger charge is -2.24. The second-order valence-corrected chi connectivity index (χ2v) is 7.97. The average molecular weight is 465 g/mol. The Morgan fingerprint density at radius 2 is 1.71 bits per heavy atom. The van der Waals surface area contributed by atoms with Gasteiger partial charge in [0.05, 0.1) is 6.21 Å². The Morgan fingerprint density at radius 3 is 2.41 bits per heavy atom. The summed E-state index contributed by atoms with van der Waals surface area (Å²) in [7, 11) is 0. The summed E-state index contributed by atoms with van der Waals surface area (Å²) < 4.78 is 24.6. The number of hydrogen-bond donors (Lipinski definition) is 1. The molecule has 0 unspecified atom stereocenters. The van der Waals surface area contributed by atoms with Crippen molar-refractivity contribution in [2.24, 2.45) is 5.10 Å². The molecular weight excluding hydrogens is 431 g/mol. The van der Waals surface area contributed by atoms with Crippen LogP contribution in [0.15, 0.2) is 65.8 Å². The van der Waals surface area contributed by atoms with Crippen LogP contribution < -0.4 is 19.8 Å². The first-order valence-electron chi connectivity index (χ1n) is 11.7. The van der Waals surface area contributed by atoms with Crippen LogP contribution in [0.2, 0.25) is 0 Å². The number of nitrogens with one attached hydrogen (secondary N) is 1.